The first kappa shape index (κ1) is 10.1. The monoisotopic (exact) mass is 288 g/mol. The van der Waals surface area contributed by atoms with Gasteiger partial charge >= 0.3 is 0 Å². The zero-order valence-corrected chi connectivity index (χ0v) is 10.5. The number of thiophene rings is 1. The Bertz CT molecular complexity index is 479. The number of carbonyl (C=O) groups excluding carboxylic acids is 1. The molecule has 0 atom stereocenters. The quantitative estimate of drug-likeness (QED) is 0.705. The van der Waals surface area contributed by atoms with Gasteiger partial charge in [0.25, 0.3) is 0 Å². The van der Waals surface area contributed by atoms with Crippen molar-refractivity contribution in [2.45, 2.75) is 6.92 Å². The fraction of sp³-hybridized carbons (Fsp3) is 0.100. The molecule has 1 aromatic heterocycles. The van der Waals surface area contributed by atoms with Crippen LogP contribution in [0.3, 0.4) is 0 Å². The standard InChI is InChI=1S/C10H6BrClOS/c1-5(13)9-4-6-7(11)2-3-8(12)10(6)14-9/h2-4H,1H3. The molecule has 0 fully saturated rings. The van der Waals surface area contributed by atoms with Crippen LogP contribution in [0.1, 0.15) is 16.6 Å². The summed E-state index contributed by atoms with van der Waals surface area (Å²) in [5.41, 5.74) is 0. The van der Waals surface area contributed by atoms with Gasteiger partial charge in [0, 0.05) is 9.86 Å². The molecule has 0 spiro atoms. The minimum atomic E-state index is 0.0779. The maximum atomic E-state index is 11.2. The normalized spacial score (nSPS) is 10.8. The molecule has 0 aliphatic heterocycles. The Labute approximate surface area is 98.8 Å². The molecule has 0 saturated heterocycles. The minimum absolute atomic E-state index is 0.0779. The second kappa shape index (κ2) is 3.65. The van der Waals surface area contributed by atoms with Crippen LogP contribution in [0, 0.1) is 0 Å². The predicted octanol–water partition coefficient (Wildman–Crippen LogP) is 4.52. The van der Waals surface area contributed by atoms with Crippen molar-refractivity contribution in [3.63, 3.8) is 0 Å². The van der Waals surface area contributed by atoms with E-state index in [-0.39, 0.29) is 5.78 Å². The summed E-state index contributed by atoms with van der Waals surface area (Å²) in [7, 11) is 0. The van der Waals surface area contributed by atoms with Crippen LogP contribution in [0.15, 0.2) is 22.7 Å². The van der Waals surface area contributed by atoms with Crippen molar-refractivity contribution in [3.05, 3.63) is 32.6 Å². The van der Waals surface area contributed by atoms with E-state index in [2.05, 4.69) is 15.9 Å². The van der Waals surface area contributed by atoms with Gasteiger partial charge in [-0.25, -0.2) is 0 Å². The van der Waals surface area contributed by atoms with Gasteiger partial charge in [0.15, 0.2) is 5.78 Å². The molecule has 1 aromatic carbocycles. The summed E-state index contributed by atoms with van der Waals surface area (Å²) in [6, 6.07) is 5.59. The summed E-state index contributed by atoms with van der Waals surface area (Å²) in [5.74, 6) is 0.0779. The molecule has 72 valence electrons. The highest BCUT2D eigenvalue weighted by Crippen LogP contribution is 2.36. The Hall–Kier alpha value is -0.380. The molecule has 0 aliphatic rings. The predicted molar refractivity (Wildman–Crippen MR) is 64.5 cm³/mol. The number of Topliss-reactive ketones (excluding diaryl/α,β-unsaturated/α-hetero) is 1. The lowest BCUT2D eigenvalue weighted by molar-refractivity contribution is 0.102. The number of fused-ring (bicyclic) bond motifs is 1. The van der Waals surface area contributed by atoms with Crippen LogP contribution in [-0.4, -0.2) is 5.78 Å². The molecule has 2 rings (SSSR count). The van der Waals surface area contributed by atoms with Gasteiger partial charge in [-0.15, -0.1) is 11.3 Å². The second-order valence-corrected chi connectivity index (χ2v) is 5.25. The number of benzene rings is 1. The zero-order valence-electron chi connectivity index (χ0n) is 7.30. The summed E-state index contributed by atoms with van der Waals surface area (Å²) >= 11 is 10.9. The van der Waals surface area contributed by atoms with Gasteiger partial charge in [0.1, 0.15) is 0 Å². The summed E-state index contributed by atoms with van der Waals surface area (Å²) in [6.07, 6.45) is 0. The molecular formula is C10H6BrClOS. The molecule has 0 bridgehead atoms. The van der Waals surface area contributed by atoms with Gasteiger partial charge in [-0.2, -0.15) is 0 Å². The topological polar surface area (TPSA) is 17.1 Å². The van der Waals surface area contributed by atoms with E-state index in [4.69, 9.17) is 11.6 Å². The molecule has 2 aromatic rings. The average molecular weight is 290 g/mol. The van der Waals surface area contributed by atoms with E-state index in [0.29, 0.717) is 5.02 Å². The Morgan fingerprint density at radius 3 is 2.79 bits per heavy atom. The van der Waals surface area contributed by atoms with Crippen LogP contribution < -0.4 is 0 Å². The molecule has 0 amide bonds. The lowest BCUT2D eigenvalue weighted by Crippen LogP contribution is -1.83. The molecule has 0 radical (unpaired) electrons. The van der Waals surface area contributed by atoms with E-state index >= 15 is 0 Å². The van der Waals surface area contributed by atoms with Gasteiger partial charge in [0.05, 0.1) is 14.6 Å². The molecule has 4 heteroatoms. The second-order valence-electron chi connectivity index (χ2n) is 2.94. The van der Waals surface area contributed by atoms with Crippen LogP contribution in [-0.2, 0) is 0 Å². The molecular weight excluding hydrogens is 284 g/mol. The number of rotatable bonds is 1. The molecule has 0 aliphatic carbocycles. The van der Waals surface area contributed by atoms with Crippen molar-refractivity contribution in [1.82, 2.24) is 0 Å². The third kappa shape index (κ3) is 1.60. The van der Waals surface area contributed by atoms with Gasteiger partial charge in [-0.3, -0.25) is 4.79 Å². The minimum Gasteiger partial charge on any atom is -0.294 e. The fourth-order valence-corrected chi connectivity index (χ4v) is 3.07. The van der Waals surface area contributed by atoms with E-state index in [9.17, 15) is 4.79 Å². The lowest BCUT2D eigenvalue weighted by atomic mass is 10.2. The molecule has 0 N–H and O–H groups in total. The SMILES string of the molecule is CC(=O)c1cc2c(Br)ccc(Cl)c2s1. The van der Waals surface area contributed by atoms with Crippen LogP contribution in [0.5, 0.6) is 0 Å². The number of carbonyl (C=O) groups is 1. The van der Waals surface area contributed by atoms with E-state index in [1.54, 1.807) is 6.92 Å². The van der Waals surface area contributed by atoms with Crippen molar-refractivity contribution in [2.24, 2.45) is 0 Å². The average Bonchev–Trinajstić information content (AvgIpc) is 2.57. The van der Waals surface area contributed by atoms with Crippen molar-refractivity contribution in [3.8, 4) is 0 Å². The molecule has 0 saturated carbocycles. The fourth-order valence-electron chi connectivity index (χ4n) is 1.23. The molecule has 1 nitrogen and oxygen atoms in total. The van der Waals surface area contributed by atoms with Crippen molar-refractivity contribution >= 4 is 54.7 Å². The molecule has 14 heavy (non-hydrogen) atoms. The van der Waals surface area contributed by atoms with E-state index < -0.39 is 0 Å². The van der Waals surface area contributed by atoms with Crippen LogP contribution in [0.25, 0.3) is 10.1 Å². The number of hydrogen-bond donors (Lipinski definition) is 0. The Balaban J connectivity index is 2.82. The first-order chi connectivity index (χ1) is 6.59. The maximum absolute atomic E-state index is 11.2. The largest absolute Gasteiger partial charge is 0.294 e. The Kier molecular flexibility index (Phi) is 2.64. The number of halogens is 2. The number of ketones is 1. The summed E-state index contributed by atoms with van der Waals surface area (Å²) < 4.78 is 1.94. The van der Waals surface area contributed by atoms with Crippen LogP contribution >= 0.6 is 38.9 Å². The highest BCUT2D eigenvalue weighted by molar-refractivity contribution is 9.10. The van der Waals surface area contributed by atoms with Crippen molar-refractivity contribution < 1.29 is 4.79 Å². The summed E-state index contributed by atoms with van der Waals surface area (Å²) in [5, 5.41) is 1.70. The van der Waals surface area contributed by atoms with Crippen LogP contribution in [0.4, 0.5) is 0 Å². The van der Waals surface area contributed by atoms with Gasteiger partial charge in [-0.1, -0.05) is 27.5 Å². The highest BCUT2D eigenvalue weighted by Gasteiger charge is 2.10. The number of hydrogen-bond acceptors (Lipinski definition) is 2. The first-order valence-corrected chi connectivity index (χ1v) is 5.97. The van der Waals surface area contributed by atoms with Gasteiger partial charge < -0.3 is 0 Å². The van der Waals surface area contributed by atoms with Crippen LogP contribution in [0.2, 0.25) is 5.02 Å². The van der Waals surface area contributed by atoms with Gasteiger partial charge in [0.2, 0.25) is 0 Å². The van der Waals surface area contributed by atoms with Crippen molar-refractivity contribution in [1.29, 1.82) is 0 Å². The highest BCUT2D eigenvalue weighted by atomic mass is 79.9. The summed E-state index contributed by atoms with van der Waals surface area (Å²) in [6.45, 7) is 1.56. The lowest BCUT2D eigenvalue weighted by Gasteiger charge is -1.94. The van der Waals surface area contributed by atoms with Gasteiger partial charge in [-0.05, 0) is 25.1 Å². The maximum Gasteiger partial charge on any atom is 0.169 e. The van der Waals surface area contributed by atoms with E-state index in [1.165, 1.54) is 11.3 Å². The third-order valence-corrected chi connectivity index (χ3v) is 4.32. The third-order valence-electron chi connectivity index (χ3n) is 1.93. The molecule has 0 unspecified atom stereocenters. The zero-order chi connectivity index (χ0) is 10.3. The summed E-state index contributed by atoms with van der Waals surface area (Å²) in [4.78, 5) is 11.9. The molecule has 1 heterocycles. The smallest absolute Gasteiger partial charge is 0.169 e. The Morgan fingerprint density at radius 2 is 2.21 bits per heavy atom. The van der Waals surface area contributed by atoms with E-state index in [0.717, 1.165) is 19.4 Å². The Morgan fingerprint density at radius 1 is 1.50 bits per heavy atom. The van der Waals surface area contributed by atoms with E-state index in [1.807, 2.05) is 18.2 Å². The first-order valence-electron chi connectivity index (χ1n) is 3.98. The van der Waals surface area contributed by atoms with Crippen molar-refractivity contribution in [2.75, 3.05) is 0 Å².